The SMILES string of the molecule is CCCC/C=C\CCCCCCCC(=O)NC(CO)C(O)/C=C/CC/C=C/CC/C=C/CCCCCCCCCCC. The van der Waals surface area contributed by atoms with Crippen molar-refractivity contribution in [2.45, 2.75) is 180 Å². The quantitative estimate of drug-likeness (QED) is 0.0558. The van der Waals surface area contributed by atoms with Gasteiger partial charge in [0.15, 0.2) is 0 Å². The minimum atomic E-state index is -0.871. The van der Waals surface area contributed by atoms with E-state index in [2.05, 4.69) is 55.6 Å². The van der Waals surface area contributed by atoms with Crippen LogP contribution in [-0.4, -0.2) is 34.9 Å². The third-order valence-electron chi connectivity index (χ3n) is 7.76. The normalized spacial score (nSPS) is 13.7. The van der Waals surface area contributed by atoms with Gasteiger partial charge in [0, 0.05) is 6.42 Å². The summed E-state index contributed by atoms with van der Waals surface area (Å²) in [5, 5.41) is 22.8. The van der Waals surface area contributed by atoms with Gasteiger partial charge < -0.3 is 15.5 Å². The lowest BCUT2D eigenvalue weighted by Gasteiger charge is -2.19. The molecule has 244 valence electrons. The van der Waals surface area contributed by atoms with Gasteiger partial charge in [-0.2, -0.15) is 0 Å². The Kier molecular flexibility index (Phi) is 32.5. The summed E-state index contributed by atoms with van der Waals surface area (Å²) in [7, 11) is 0. The van der Waals surface area contributed by atoms with Gasteiger partial charge in [0.1, 0.15) is 0 Å². The average molecular weight is 588 g/mol. The fourth-order valence-electron chi connectivity index (χ4n) is 4.95. The molecular formula is C38H69NO3. The van der Waals surface area contributed by atoms with Crippen LogP contribution in [0.3, 0.4) is 0 Å². The van der Waals surface area contributed by atoms with Crippen molar-refractivity contribution < 1.29 is 15.0 Å². The van der Waals surface area contributed by atoms with Crippen molar-refractivity contribution in [1.29, 1.82) is 0 Å². The number of allylic oxidation sites excluding steroid dienone is 7. The Morgan fingerprint density at radius 3 is 1.45 bits per heavy atom. The molecule has 0 rings (SSSR count). The average Bonchev–Trinajstić information content (AvgIpc) is 2.99. The van der Waals surface area contributed by atoms with Crippen LogP contribution in [0.15, 0.2) is 48.6 Å². The van der Waals surface area contributed by atoms with E-state index in [-0.39, 0.29) is 12.5 Å². The lowest BCUT2D eigenvalue weighted by molar-refractivity contribution is -0.123. The summed E-state index contributed by atoms with van der Waals surface area (Å²) in [6.45, 7) is 4.23. The fourth-order valence-corrected chi connectivity index (χ4v) is 4.95. The number of amides is 1. The number of carbonyl (C=O) groups is 1. The molecule has 4 nitrogen and oxygen atoms in total. The van der Waals surface area contributed by atoms with Crippen LogP contribution in [0.4, 0.5) is 0 Å². The second kappa shape index (κ2) is 33.8. The van der Waals surface area contributed by atoms with Crippen molar-refractivity contribution in [3.05, 3.63) is 48.6 Å². The molecule has 0 aliphatic heterocycles. The van der Waals surface area contributed by atoms with Gasteiger partial charge in [0.25, 0.3) is 0 Å². The van der Waals surface area contributed by atoms with Gasteiger partial charge in [0.05, 0.1) is 18.8 Å². The summed E-state index contributed by atoms with van der Waals surface area (Å²) in [5.41, 5.74) is 0. The summed E-state index contributed by atoms with van der Waals surface area (Å²) >= 11 is 0. The Morgan fingerprint density at radius 2 is 0.952 bits per heavy atom. The molecule has 0 aromatic carbocycles. The molecule has 0 aliphatic rings. The first-order valence-electron chi connectivity index (χ1n) is 17.9. The summed E-state index contributed by atoms with van der Waals surface area (Å²) in [5.74, 6) is -0.0921. The maximum atomic E-state index is 12.2. The standard InChI is InChI=1S/C38H69NO3/c1-3-5-7-9-11-13-15-16-17-18-19-20-21-22-24-25-27-29-31-33-37(41)36(35-40)39-38(42)34-32-30-28-26-23-14-12-10-8-6-4-2/h10,12,19-20,24-25,31,33,36-37,40-41H,3-9,11,13-18,21-23,26-30,32,34-35H2,1-2H3,(H,39,42)/b12-10-,20-19+,25-24+,33-31+. The van der Waals surface area contributed by atoms with E-state index in [9.17, 15) is 15.0 Å². The highest BCUT2D eigenvalue weighted by atomic mass is 16.3. The Hall–Kier alpha value is -1.65. The zero-order valence-corrected chi connectivity index (χ0v) is 27.8. The van der Waals surface area contributed by atoms with Crippen molar-refractivity contribution in [1.82, 2.24) is 5.32 Å². The van der Waals surface area contributed by atoms with Crippen LogP contribution in [0.25, 0.3) is 0 Å². The first-order valence-corrected chi connectivity index (χ1v) is 17.9. The highest BCUT2D eigenvalue weighted by Crippen LogP contribution is 2.11. The van der Waals surface area contributed by atoms with Crippen molar-refractivity contribution in [2.24, 2.45) is 0 Å². The maximum absolute atomic E-state index is 12.2. The Labute approximate surface area is 261 Å². The molecule has 2 unspecified atom stereocenters. The number of rotatable bonds is 31. The van der Waals surface area contributed by atoms with E-state index < -0.39 is 12.1 Å². The maximum Gasteiger partial charge on any atom is 0.220 e. The molecule has 2 atom stereocenters. The number of hydrogen-bond acceptors (Lipinski definition) is 3. The molecule has 0 aromatic heterocycles. The third-order valence-corrected chi connectivity index (χ3v) is 7.76. The van der Waals surface area contributed by atoms with Crippen LogP contribution in [0.2, 0.25) is 0 Å². The molecule has 1 amide bonds. The van der Waals surface area contributed by atoms with Crippen LogP contribution in [0, 0.1) is 0 Å². The molecule has 0 fully saturated rings. The Morgan fingerprint density at radius 1 is 0.548 bits per heavy atom. The van der Waals surface area contributed by atoms with Crippen molar-refractivity contribution in [3.8, 4) is 0 Å². The first-order chi connectivity index (χ1) is 20.7. The van der Waals surface area contributed by atoms with Crippen LogP contribution in [0.1, 0.15) is 168 Å². The number of nitrogens with one attached hydrogen (secondary N) is 1. The second-order valence-electron chi connectivity index (χ2n) is 11.9. The Bertz CT molecular complexity index is 682. The molecular weight excluding hydrogens is 518 g/mol. The first kappa shape index (κ1) is 40.4. The molecule has 0 aromatic rings. The zero-order chi connectivity index (χ0) is 30.8. The topological polar surface area (TPSA) is 69.6 Å². The predicted octanol–water partition coefficient (Wildman–Crippen LogP) is 10.5. The predicted molar refractivity (Wildman–Crippen MR) is 184 cm³/mol. The van der Waals surface area contributed by atoms with Gasteiger partial charge in [-0.05, 0) is 64.2 Å². The number of aliphatic hydroxyl groups is 2. The molecule has 42 heavy (non-hydrogen) atoms. The molecule has 3 N–H and O–H groups in total. The minimum Gasteiger partial charge on any atom is -0.394 e. The highest BCUT2D eigenvalue weighted by molar-refractivity contribution is 5.76. The molecule has 0 bridgehead atoms. The van der Waals surface area contributed by atoms with Crippen LogP contribution in [0.5, 0.6) is 0 Å². The van der Waals surface area contributed by atoms with E-state index in [1.807, 2.05) is 6.08 Å². The smallest absolute Gasteiger partial charge is 0.220 e. The molecule has 0 heterocycles. The zero-order valence-electron chi connectivity index (χ0n) is 27.8. The lowest BCUT2D eigenvalue weighted by Crippen LogP contribution is -2.45. The van der Waals surface area contributed by atoms with Crippen LogP contribution in [-0.2, 0) is 4.79 Å². The van der Waals surface area contributed by atoms with E-state index in [1.54, 1.807) is 6.08 Å². The second-order valence-corrected chi connectivity index (χ2v) is 11.9. The fraction of sp³-hybridized carbons (Fsp3) is 0.763. The van der Waals surface area contributed by atoms with E-state index in [4.69, 9.17) is 0 Å². The number of carbonyl (C=O) groups excluding carboxylic acids is 1. The molecule has 0 radical (unpaired) electrons. The molecule has 0 saturated heterocycles. The van der Waals surface area contributed by atoms with Gasteiger partial charge in [-0.25, -0.2) is 0 Å². The summed E-state index contributed by atoms with van der Waals surface area (Å²) in [6, 6.07) is -0.647. The van der Waals surface area contributed by atoms with Crippen LogP contribution < -0.4 is 5.32 Å². The summed E-state index contributed by atoms with van der Waals surface area (Å²) in [6.07, 6.45) is 44.8. The van der Waals surface area contributed by atoms with Gasteiger partial charge in [-0.3, -0.25) is 4.79 Å². The van der Waals surface area contributed by atoms with E-state index >= 15 is 0 Å². The summed E-state index contributed by atoms with van der Waals surface area (Å²) < 4.78 is 0. The van der Waals surface area contributed by atoms with Gasteiger partial charge in [-0.15, -0.1) is 0 Å². The van der Waals surface area contributed by atoms with Crippen LogP contribution >= 0.6 is 0 Å². The monoisotopic (exact) mass is 588 g/mol. The van der Waals surface area contributed by atoms with E-state index in [0.717, 1.165) is 51.4 Å². The number of unbranched alkanes of at least 4 members (excludes halogenated alkanes) is 18. The molecule has 4 heteroatoms. The highest BCUT2D eigenvalue weighted by Gasteiger charge is 2.17. The lowest BCUT2D eigenvalue weighted by atomic mass is 10.1. The summed E-state index contributed by atoms with van der Waals surface area (Å²) in [4.78, 5) is 12.2. The molecule has 0 saturated carbocycles. The van der Waals surface area contributed by atoms with Crippen molar-refractivity contribution in [3.63, 3.8) is 0 Å². The van der Waals surface area contributed by atoms with Gasteiger partial charge >= 0.3 is 0 Å². The largest absolute Gasteiger partial charge is 0.394 e. The molecule has 0 aliphatic carbocycles. The number of aliphatic hydroxyl groups excluding tert-OH is 2. The minimum absolute atomic E-state index is 0.0921. The van der Waals surface area contributed by atoms with Crippen molar-refractivity contribution >= 4 is 5.91 Å². The van der Waals surface area contributed by atoms with Crippen molar-refractivity contribution in [2.75, 3.05) is 6.61 Å². The van der Waals surface area contributed by atoms with Gasteiger partial charge in [-0.1, -0.05) is 146 Å². The van der Waals surface area contributed by atoms with E-state index in [0.29, 0.717) is 6.42 Å². The third kappa shape index (κ3) is 29.8. The molecule has 0 spiro atoms. The van der Waals surface area contributed by atoms with Gasteiger partial charge in [0.2, 0.25) is 5.91 Å². The number of hydrogen-bond donors (Lipinski definition) is 3. The Balaban J connectivity index is 3.73. The van der Waals surface area contributed by atoms with E-state index in [1.165, 1.54) is 96.3 Å².